The monoisotopic (exact) mass is 266 g/mol. The van der Waals surface area contributed by atoms with Crippen molar-refractivity contribution in [3.63, 3.8) is 0 Å². The Balaban J connectivity index is 2.23. The fraction of sp³-hybridized carbons (Fsp3) is 0.308. The van der Waals surface area contributed by atoms with Crippen molar-refractivity contribution in [2.24, 2.45) is 0 Å². The van der Waals surface area contributed by atoms with Gasteiger partial charge in [-0.2, -0.15) is 0 Å². The fourth-order valence-electron chi connectivity index (χ4n) is 1.60. The van der Waals surface area contributed by atoms with E-state index in [1.54, 1.807) is 11.3 Å². The topological polar surface area (TPSA) is 24.9 Å². The molecule has 0 bridgehead atoms. The van der Waals surface area contributed by atoms with Gasteiger partial charge in [-0.15, -0.1) is 22.9 Å². The molecule has 2 nitrogen and oxygen atoms in total. The number of rotatable bonds is 4. The van der Waals surface area contributed by atoms with Crippen molar-refractivity contribution in [3.05, 3.63) is 40.9 Å². The minimum absolute atomic E-state index is 0.00990. The van der Waals surface area contributed by atoms with E-state index in [0.29, 0.717) is 0 Å². The molecular formula is C13H15ClN2S. The molecule has 0 fully saturated rings. The number of alkyl halides is 1. The van der Waals surface area contributed by atoms with Gasteiger partial charge in [-0.1, -0.05) is 25.1 Å². The van der Waals surface area contributed by atoms with Crippen molar-refractivity contribution in [1.82, 2.24) is 4.98 Å². The number of nitrogens with zero attached hydrogens (tertiary/aromatic N) is 1. The number of aryl methyl sites for hydroxylation is 1. The Kier molecular flexibility index (Phi) is 4.02. The lowest BCUT2D eigenvalue weighted by Crippen LogP contribution is -1.96. The Morgan fingerprint density at radius 3 is 2.82 bits per heavy atom. The van der Waals surface area contributed by atoms with Crippen LogP contribution in [0.5, 0.6) is 0 Å². The Hall–Kier alpha value is -1.06. The maximum absolute atomic E-state index is 6.15. The van der Waals surface area contributed by atoms with E-state index < -0.39 is 0 Å². The van der Waals surface area contributed by atoms with E-state index in [1.165, 1.54) is 0 Å². The van der Waals surface area contributed by atoms with E-state index in [1.807, 2.05) is 31.2 Å². The third-order valence-electron chi connectivity index (χ3n) is 2.54. The summed E-state index contributed by atoms with van der Waals surface area (Å²) in [6.45, 7) is 4.08. The lowest BCUT2D eigenvalue weighted by Gasteiger charge is -2.11. The first-order valence-electron chi connectivity index (χ1n) is 5.65. The third-order valence-corrected chi connectivity index (χ3v) is 3.59. The summed E-state index contributed by atoms with van der Waals surface area (Å²) >= 11 is 7.77. The van der Waals surface area contributed by atoms with E-state index in [0.717, 1.165) is 28.5 Å². The van der Waals surface area contributed by atoms with Gasteiger partial charge in [-0.3, -0.25) is 0 Å². The van der Waals surface area contributed by atoms with Gasteiger partial charge < -0.3 is 5.32 Å². The van der Waals surface area contributed by atoms with Crippen LogP contribution in [0.2, 0.25) is 0 Å². The quantitative estimate of drug-likeness (QED) is 0.808. The molecule has 1 atom stereocenters. The molecule has 0 aliphatic heterocycles. The van der Waals surface area contributed by atoms with E-state index in [4.69, 9.17) is 11.6 Å². The predicted molar refractivity (Wildman–Crippen MR) is 75.5 cm³/mol. The van der Waals surface area contributed by atoms with Crippen molar-refractivity contribution < 1.29 is 0 Å². The van der Waals surface area contributed by atoms with Gasteiger partial charge in [-0.05, 0) is 25.0 Å². The number of para-hydroxylation sites is 1. The summed E-state index contributed by atoms with van der Waals surface area (Å²) in [4.78, 5) is 4.49. The molecule has 1 heterocycles. The summed E-state index contributed by atoms with van der Waals surface area (Å²) in [5, 5.41) is 6.32. The van der Waals surface area contributed by atoms with Gasteiger partial charge in [0.25, 0.3) is 0 Å². The number of anilines is 2. The van der Waals surface area contributed by atoms with Crippen molar-refractivity contribution in [3.8, 4) is 0 Å². The van der Waals surface area contributed by atoms with E-state index >= 15 is 0 Å². The molecule has 0 spiro atoms. The minimum Gasteiger partial charge on any atom is -0.331 e. The summed E-state index contributed by atoms with van der Waals surface area (Å²) in [5.41, 5.74) is 3.25. The first kappa shape index (κ1) is 12.4. The highest BCUT2D eigenvalue weighted by molar-refractivity contribution is 7.13. The van der Waals surface area contributed by atoms with Gasteiger partial charge in [0.05, 0.1) is 11.1 Å². The fourth-order valence-corrected chi connectivity index (χ4v) is 2.60. The van der Waals surface area contributed by atoms with Gasteiger partial charge in [-0.25, -0.2) is 4.98 Å². The molecule has 2 rings (SSSR count). The summed E-state index contributed by atoms with van der Waals surface area (Å²) in [6, 6.07) is 8.06. The SMILES string of the molecule is CCc1csc(Nc2ccccc2C(C)Cl)n1. The highest BCUT2D eigenvalue weighted by Crippen LogP contribution is 2.30. The van der Waals surface area contributed by atoms with E-state index in [-0.39, 0.29) is 5.38 Å². The number of aromatic nitrogens is 1. The Bertz CT molecular complexity index is 494. The molecule has 0 radical (unpaired) electrons. The molecule has 1 unspecified atom stereocenters. The molecular weight excluding hydrogens is 252 g/mol. The summed E-state index contributed by atoms with van der Waals surface area (Å²) in [5.74, 6) is 0. The van der Waals surface area contributed by atoms with Gasteiger partial charge >= 0.3 is 0 Å². The van der Waals surface area contributed by atoms with Crippen LogP contribution < -0.4 is 5.32 Å². The summed E-state index contributed by atoms with van der Waals surface area (Å²) in [7, 11) is 0. The van der Waals surface area contributed by atoms with Crippen LogP contribution in [0.15, 0.2) is 29.6 Å². The van der Waals surface area contributed by atoms with Crippen molar-refractivity contribution in [2.75, 3.05) is 5.32 Å². The standard InChI is InChI=1S/C13H15ClN2S/c1-3-10-8-17-13(15-10)16-12-7-5-4-6-11(12)9(2)14/h4-9H,3H2,1-2H3,(H,15,16). The van der Waals surface area contributed by atoms with Gasteiger partial charge in [0.15, 0.2) is 5.13 Å². The first-order valence-corrected chi connectivity index (χ1v) is 6.96. The van der Waals surface area contributed by atoms with Crippen LogP contribution >= 0.6 is 22.9 Å². The van der Waals surface area contributed by atoms with E-state index in [9.17, 15) is 0 Å². The molecule has 2 aromatic rings. The van der Waals surface area contributed by atoms with Crippen LogP contribution in [-0.2, 0) is 6.42 Å². The highest BCUT2D eigenvalue weighted by Gasteiger charge is 2.08. The zero-order valence-electron chi connectivity index (χ0n) is 9.90. The lowest BCUT2D eigenvalue weighted by atomic mass is 10.1. The van der Waals surface area contributed by atoms with Crippen molar-refractivity contribution in [2.45, 2.75) is 25.6 Å². The smallest absolute Gasteiger partial charge is 0.187 e. The van der Waals surface area contributed by atoms with Crippen LogP contribution in [0.1, 0.15) is 30.5 Å². The Morgan fingerprint density at radius 2 is 2.18 bits per heavy atom. The number of halogens is 1. The third kappa shape index (κ3) is 2.99. The van der Waals surface area contributed by atoms with Crippen LogP contribution in [0.25, 0.3) is 0 Å². The average molecular weight is 267 g/mol. The zero-order chi connectivity index (χ0) is 12.3. The average Bonchev–Trinajstić information content (AvgIpc) is 2.77. The van der Waals surface area contributed by atoms with Crippen LogP contribution in [0.4, 0.5) is 10.8 Å². The molecule has 1 N–H and O–H groups in total. The molecule has 0 aliphatic carbocycles. The van der Waals surface area contributed by atoms with Crippen LogP contribution in [0, 0.1) is 0 Å². The molecule has 0 saturated heterocycles. The van der Waals surface area contributed by atoms with E-state index in [2.05, 4.69) is 22.6 Å². The van der Waals surface area contributed by atoms with Gasteiger partial charge in [0.2, 0.25) is 0 Å². The molecule has 17 heavy (non-hydrogen) atoms. The summed E-state index contributed by atoms with van der Waals surface area (Å²) < 4.78 is 0. The van der Waals surface area contributed by atoms with Crippen LogP contribution in [0.3, 0.4) is 0 Å². The van der Waals surface area contributed by atoms with Crippen molar-refractivity contribution in [1.29, 1.82) is 0 Å². The number of hydrogen-bond donors (Lipinski definition) is 1. The second kappa shape index (κ2) is 5.52. The molecule has 1 aromatic heterocycles. The number of nitrogens with one attached hydrogen (secondary N) is 1. The second-order valence-corrected chi connectivity index (χ2v) is 5.34. The van der Waals surface area contributed by atoms with Crippen LogP contribution in [-0.4, -0.2) is 4.98 Å². The molecule has 0 amide bonds. The maximum Gasteiger partial charge on any atom is 0.187 e. The summed E-state index contributed by atoms with van der Waals surface area (Å²) in [6.07, 6.45) is 0.964. The molecule has 0 saturated carbocycles. The zero-order valence-corrected chi connectivity index (χ0v) is 11.5. The predicted octanol–water partition coefficient (Wildman–Crippen LogP) is 4.75. The Morgan fingerprint density at radius 1 is 1.41 bits per heavy atom. The number of thiazole rings is 1. The molecule has 4 heteroatoms. The van der Waals surface area contributed by atoms with Gasteiger partial charge in [0, 0.05) is 11.1 Å². The number of hydrogen-bond acceptors (Lipinski definition) is 3. The first-order chi connectivity index (χ1) is 8.20. The highest BCUT2D eigenvalue weighted by atomic mass is 35.5. The number of benzene rings is 1. The maximum atomic E-state index is 6.15. The molecule has 0 aliphatic rings. The molecule has 90 valence electrons. The normalized spacial score (nSPS) is 12.4. The Labute approximate surface area is 111 Å². The molecule has 1 aromatic carbocycles. The largest absolute Gasteiger partial charge is 0.331 e. The lowest BCUT2D eigenvalue weighted by molar-refractivity contribution is 1.06. The van der Waals surface area contributed by atoms with Crippen molar-refractivity contribution >= 4 is 33.8 Å². The second-order valence-electron chi connectivity index (χ2n) is 3.83. The van der Waals surface area contributed by atoms with Gasteiger partial charge in [0.1, 0.15) is 0 Å². The minimum atomic E-state index is -0.00990.